The minimum absolute atomic E-state index is 0.0540. The number of aryl methyl sites for hydroxylation is 1. The number of hydrogen-bond donors (Lipinski definition) is 1. The highest BCUT2D eigenvalue weighted by atomic mass is 16.1. The molecule has 4 rings (SSSR count). The Morgan fingerprint density at radius 2 is 1.86 bits per heavy atom. The number of fused-ring (bicyclic) bond motifs is 3. The maximum atomic E-state index is 12.5. The quantitative estimate of drug-likeness (QED) is 0.590. The highest BCUT2D eigenvalue weighted by molar-refractivity contribution is 6.04. The Bertz CT molecular complexity index is 1030. The number of pyridine rings is 1. The summed E-state index contributed by atoms with van der Waals surface area (Å²) in [6, 6.07) is 17.6. The molecule has 0 unspecified atom stereocenters. The zero-order valence-electron chi connectivity index (χ0n) is 12.3. The van der Waals surface area contributed by atoms with Crippen LogP contribution >= 0.6 is 0 Å². The van der Waals surface area contributed by atoms with Crippen LogP contribution in [0.2, 0.25) is 0 Å². The monoisotopic (exact) mass is 288 g/mol. The van der Waals surface area contributed by atoms with Crippen LogP contribution < -0.4 is 5.43 Å². The second-order valence-electron chi connectivity index (χ2n) is 5.44. The Morgan fingerprint density at radius 3 is 2.64 bits per heavy atom. The van der Waals surface area contributed by atoms with Crippen LogP contribution in [0.3, 0.4) is 0 Å². The third-order valence-corrected chi connectivity index (χ3v) is 4.16. The summed E-state index contributed by atoms with van der Waals surface area (Å²) in [7, 11) is 0. The largest absolute Gasteiger partial charge is 0.353 e. The number of H-pyrrole nitrogens is 1. The molecule has 0 amide bonds. The highest BCUT2D eigenvalue weighted by Crippen LogP contribution is 2.25. The van der Waals surface area contributed by atoms with Crippen molar-refractivity contribution in [3.8, 4) is 11.3 Å². The number of hydrogen-bond acceptors (Lipinski definition) is 1. The first kappa shape index (κ1) is 12.9. The fourth-order valence-corrected chi connectivity index (χ4v) is 3.04. The van der Waals surface area contributed by atoms with Gasteiger partial charge in [0.25, 0.3) is 0 Å². The third kappa shape index (κ3) is 1.86. The highest BCUT2D eigenvalue weighted by Gasteiger charge is 2.10. The minimum Gasteiger partial charge on any atom is -0.353 e. The lowest BCUT2D eigenvalue weighted by atomic mass is 10.1. The summed E-state index contributed by atoms with van der Waals surface area (Å²) < 4.78 is 2.17. The first-order valence-electron chi connectivity index (χ1n) is 7.48. The topological polar surface area (TPSA) is 37.8 Å². The van der Waals surface area contributed by atoms with E-state index >= 15 is 0 Å². The first-order chi connectivity index (χ1) is 10.8. The average molecular weight is 288 g/mol. The summed E-state index contributed by atoms with van der Waals surface area (Å²) in [4.78, 5) is 16.0. The summed E-state index contributed by atoms with van der Waals surface area (Å²) in [6.07, 6.45) is 2.07. The predicted octanol–water partition coefficient (Wildman–Crippen LogP) is 4.17. The molecule has 4 aromatic rings. The Hall–Kier alpha value is -2.81. The van der Waals surface area contributed by atoms with Crippen molar-refractivity contribution >= 4 is 21.8 Å². The van der Waals surface area contributed by atoms with E-state index in [4.69, 9.17) is 0 Å². The zero-order chi connectivity index (χ0) is 15.1. The van der Waals surface area contributed by atoms with Crippen LogP contribution in [-0.2, 0) is 6.54 Å². The number of nitrogens with one attached hydrogen (secondary N) is 1. The molecule has 22 heavy (non-hydrogen) atoms. The van der Waals surface area contributed by atoms with Crippen molar-refractivity contribution in [1.82, 2.24) is 9.55 Å². The van der Waals surface area contributed by atoms with Gasteiger partial charge in [0.15, 0.2) is 5.43 Å². The molecule has 3 heteroatoms. The van der Waals surface area contributed by atoms with Gasteiger partial charge < -0.3 is 9.55 Å². The molecule has 0 radical (unpaired) electrons. The van der Waals surface area contributed by atoms with Gasteiger partial charge in [-0.25, -0.2) is 0 Å². The van der Waals surface area contributed by atoms with E-state index in [2.05, 4.69) is 28.7 Å². The van der Waals surface area contributed by atoms with Crippen molar-refractivity contribution in [2.75, 3.05) is 0 Å². The first-order valence-corrected chi connectivity index (χ1v) is 7.48. The summed E-state index contributed by atoms with van der Waals surface area (Å²) in [5.74, 6) is 0. The SMILES string of the molecule is CCn1ccc2ccc3c(=O)cc(-c4ccccc4)[nH]c3c21. The van der Waals surface area contributed by atoms with Gasteiger partial charge in [-0.1, -0.05) is 36.4 Å². The molecule has 0 bridgehead atoms. The molecule has 1 N–H and O–H groups in total. The summed E-state index contributed by atoms with van der Waals surface area (Å²) in [5.41, 5.74) is 3.94. The van der Waals surface area contributed by atoms with Crippen LogP contribution in [0.4, 0.5) is 0 Å². The van der Waals surface area contributed by atoms with Gasteiger partial charge in [0.05, 0.1) is 11.0 Å². The molecule has 0 aliphatic carbocycles. The number of aromatic nitrogens is 2. The molecule has 3 nitrogen and oxygen atoms in total. The number of nitrogens with zero attached hydrogens (tertiary/aromatic N) is 1. The van der Waals surface area contributed by atoms with Crippen molar-refractivity contribution in [1.29, 1.82) is 0 Å². The van der Waals surface area contributed by atoms with E-state index in [-0.39, 0.29) is 5.43 Å². The number of benzene rings is 2. The van der Waals surface area contributed by atoms with E-state index in [9.17, 15) is 4.79 Å². The van der Waals surface area contributed by atoms with Gasteiger partial charge in [0.2, 0.25) is 0 Å². The molecule has 108 valence electrons. The Morgan fingerprint density at radius 1 is 1.05 bits per heavy atom. The molecule has 0 saturated carbocycles. The molecule has 0 aliphatic heterocycles. The average Bonchev–Trinajstić information content (AvgIpc) is 2.99. The standard InChI is InChI=1S/C19H16N2O/c1-2-21-11-10-14-8-9-15-17(22)12-16(20-18(15)19(14)21)13-6-4-3-5-7-13/h3-12H,2H2,1H3,(H,20,22). The molecule has 0 fully saturated rings. The molecule has 2 aromatic carbocycles. The predicted molar refractivity (Wildman–Crippen MR) is 91.2 cm³/mol. The number of aromatic amines is 1. The lowest BCUT2D eigenvalue weighted by Crippen LogP contribution is -2.04. The summed E-state index contributed by atoms with van der Waals surface area (Å²) >= 11 is 0. The Kier molecular flexibility index (Phi) is 2.86. The van der Waals surface area contributed by atoms with Gasteiger partial charge in [-0.15, -0.1) is 0 Å². The molecule has 0 aliphatic rings. The van der Waals surface area contributed by atoms with Crippen molar-refractivity contribution < 1.29 is 0 Å². The molecule has 0 atom stereocenters. The maximum absolute atomic E-state index is 12.5. The van der Waals surface area contributed by atoms with Crippen molar-refractivity contribution in [2.45, 2.75) is 13.5 Å². The van der Waals surface area contributed by atoms with Gasteiger partial charge in [-0.3, -0.25) is 4.79 Å². The Balaban J connectivity index is 2.13. The van der Waals surface area contributed by atoms with Crippen LogP contribution in [-0.4, -0.2) is 9.55 Å². The van der Waals surface area contributed by atoms with Crippen molar-refractivity contribution in [3.05, 3.63) is 71.0 Å². The van der Waals surface area contributed by atoms with E-state index in [1.54, 1.807) is 6.07 Å². The lowest BCUT2D eigenvalue weighted by Gasteiger charge is -2.08. The van der Waals surface area contributed by atoms with E-state index in [0.29, 0.717) is 0 Å². The molecule has 2 aromatic heterocycles. The van der Waals surface area contributed by atoms with Crippen LogP contribution in [0.1, 0.15) is 6.92 Å². The van der Waals surface area contributed by atoms with Crippen LogP contribution in [0.25, 0.3) is 33.1 Å². The van der Waals surface area contributed by atoms with Crippen molar-refractivity contribution in [2.24, 2.45) is 0 Å². The third-order valence-electron chi connectivity index (χ3n) is 4.16. The minimum atomic E-state index is 0.0540. The van der Waals surface area contributed by atoms with Gasteiger partial charge in [-0.2, -0.15) is 0 Å². The normalized spacial score (nSPS) is 11.3. The second-order valence-corrected chi connectivity index (χ2v) is 5.44. The summed E-state index contributed by atoms with van der Waals surface area (Å²) in [5, 5.41) is 1.88. The second kappa shape index (κ2) is 4.88. The van der Waals surface area contributed by atoms with E-state index in [1.165, 1.54) is 0 Å². The maximum Gasteiger partial charge on any atom is 0.190 e. The zero-order valence-corrected chi connectivity index (χ0v) is 12.3. The fourth-order valence-electron chi connectivity index (χ4n) is 3.04. The van der Waals surface area contributed by atoms with E-state index in [0.717, 1.165) is 39.6 Å². The van der Waals surface area contributed by atoms with Gasteiger partial charge >= 0.3 is 0 Å². The lowest BCUT2D eigenvalue weighted by molar-refractivity contribution is 0.799. The molecule has 0 spiro atoms. The molecular formula is C19H16N2O. The Labute approximate surface area is 127 Å². The van der Waals surface area contributed by atoms with Crippen LogP contribution in [0, 0.1) is 0 Å². The molecule has 2 heterocycles. The van der Waals surface area contributed by atoms with Gasteiger partial charge in [-0.05, 0) is 24.6 Å². The molecule has 0 saturated heterocycles. The summed E-state index contributed by atoms with van der Waals surface area (Å²) in [6.45, 7) is 2.98. The smallest absolute Gasteiger partial charge is 0.190 e. The fraction of sp³-hybridized carbons (Fsp3) is 0.105. The van der Waals surface area contributed by atoms with Crippen LogP contribution in [0.15, 0.2) is 65.6 Å². The number of rotatable bonds is 2. The molecular weight excluding hydrogens is 272 g/mol. The van der Waals surface area contributed by atoms with Crippen molar-refractivity contribution in [3.63, 3.8) is 0 Å². The van der Waals surface area contributed by atoms with E-state index < -0.39 is 0 Å². The van der Waals surface area contributed by atoms with Gasteiger partial charge in [0, 0.05) is 35.3 Å². The van der Waals surface area contributed by atoms with Gasteiger partial charge in [0.1, 0.15) is 0 Å². The van der Waals surface area contributed by atoms with Crippen LogP contribution in [0.5, 0.6) is 0 Å². The van der Waals surface area contributed by atoms with E-state index in [1.807, 2.05) is 42.5 Å².